The van der Waals surface area contributed by atoms with Crippen LogP contribution < -0.4 is 5.73 Å². The standard InChI is InChI=1S/C9H14BrN3O2/c1-3-15-9(14)6(11)4-7-8(10)12-5-13(7)2/h5-6H,3-4,11H2,1-2H3. The number of carbonyl (C=O) groups is 1. The number of hydrogen-bond donors (Lipinski definition) is 1. The van der Waals surface area contributed by atoms with Gasteiger partial charge >= 0.3 is 5.97 Å². The third-order valence-corrected chi connectivity index (χ3v) is 2.67. The van der Waals surface area contributed by atoms with Gasteiger partial charge in [-0.3, -0.25) is 4.79 Å². The second-order valence-electron chi connectivity index (χ2n) is 3.16. The van der Waals surface area contributed by atoms with Crippen molar-refractivity contribution in [2.24, 2.45) is 12.8 Å². The molecule has 1 atom stereocenters. The number of aryl methyl sites for hydroxylation is 1. The summed E-state index contributed by atoms with van der Waals surface area (Å²) in [6, 6.07) is -0.642. The van der Waals surface area contributed by atoms with Crippen molar-refractivity contribution in [1.82, 2.24) is 9.55 Å². The molecule has 15 heavy (non-hydrogen) atoms. The van der Waals surface area contributed by atoms with Crippen LogP contribution in [-0.2, 0) is 23.0 Å². The minimum atomic E-state index is -0.642. The van der Waals surface area contributed by atoms with Crippen molar-refractivity contribution in [3.8, 4) is 0 Å². The molecule has 0 fully saturated rings. The highest BCUT2D eigenvalue weighted by Crippen LogP contribution is 2.15. The molecule has 2 N–H and O–H groups in total. The summed E-state index contributed by atoms with van der Waals surface area (Å²) in [6.45, 7) is 2.10. The maximum absolute atomic E-state index is 11.3. The molecule has 0 radical (unpaired) electrons. The van der Waals surface area contributed by atoms with Crippen LogP contribution in [0.3, 0.4) is 0 Å². The van der Waals surface area contributed by atoms with E-state index in [1.807, 2.05) is 11.6 Å². The largest absolute Gasteiger partial charge is 0.465 e. The molecular weight excluding hydrogens is 262 g/mol. The van der Waals surface area contributed by atoms with Crippen molar-refractivity contribution < 1.29 is 9.53 Å². The van der Waals surface area contributed by atoms with Gasteiger partial charge in [-0.05, 0) is 22.9 Å². The maximum Gasteiger partial charge on any atom is 0.323 e. The summed E-state index contributed by atoms with van der Waals surface area (Å²) < 4.78 is 7.36. The van der Waals surface area contributed by atoms with Crippen molar-refractivity contribution in [2.45, 2.75) is 19.4 Å². The van der Waals surface area contributed by atoms with Crippen molar-refractivity contribution in [2.75, 3.05) is 6.61 Å². The number of aromatic nitrogens is 2. The Labute approximate surface area is 96.7 Å². The van der Waals surface area contributed by atoms with Crippen LogP contribution >= 0.6 is 15.9 Å². The molecular formula is C9H14BrN3O2. The summed E-state index contributed by atoms with van der Waals surface area (Å²) in [5, 5.41) is 0. The van der Waals surface area contributed by atoms with Crippen LogP contribution in [0.15, 0.2) is 10.9 Å². The summed E-state index contributed by atoms with van der Waals surface area (Å²) in [5.41, 5.74) is 6.58. The number of hydrogen-bond acceptors (Lipinski definition) is 4. The molecule has 0 bridgehead atoms. The van der Waals surface area contributed by atoms with Gasteiger partial charge in [-0.15, -0.1) is 0 Å². The van der Waals surface area contributed by atoms with E-state index in [1.165, 1.54) is 0 Å². The van der Waals surface area contributed by atoms with Gasteiger partial charge in [0.05, 0.1) is 18.6 Å². The zero-order chi connectivity index (χ0) is 11.4. The lowest BCUT2D eigenvalue weighted by Gasteiger charge is -2.10. The number of imidazole rings is 1. The molecule has 1 unspecified atom stereocenters. The van der Waals surface area contributed by atoms with Crippen molar-refractivity contribution in [3.63, 3.8) is 0 Å². The third-order valence-electron chi connectivity index (χ3n) is 2.01. The second-order valence-corrected chi connectivity index (χ2v) is 3.91. The quantitative estimate of drug-likeness (QED) is 0.818. The van der Waals surface area contributed by atoms with Gasteiger partial charge in [0.25, 0.3) is 0 Å². The number of nitrogens with two attached hydrogens (primary N) is 1. The van der Waals surface area contributed by atoms with E-state index < -0.39 is 6.04 Å². The first kappa shape index (κ1) is 12.2. The van der Waals surface area contributed by atoms with Crippen LogP contribution in [0.5, 0.6) is 0 Å². The van der Waals surface area contributed by atoms with E-state index in [0.717, 1.165) is 5.69 Å². The molecule has 6 heteroatoms. The van der Waals surface area contributed by atoms with Crippen molar-refractivity contribution in [1.29, 1.82) is 0 Å². The van der Waals surface area contributed by atoms with Crippen LogP contribution in [0.4, 0.5) is 0 Å². The highest BCUT2D eigenvalue weighted by atomic mass is 79.9. The van der Waals surface area contributed by atoms with Gasteiger partial charge in [0.1, 0.15) is 10.6 Å². The van der Waals surface area contributed by atoms with Gasteiger partial charge in [-0.25, -0.2) is 4.98 Å². The second kappa shape index (κ2) is 5.27. The van der Waals surface area contributed by atoms with E-state index in [4.69, 9.17) is 10.5 Å². The van der Waals surface area contributed by atoms with Gasteiger partial charge in [0.2, 0.25) is 0 Å². The van der Waals surface area contributed by atoms with Crippen molar-refractivity contribution in [3.05, 3.63) is 16.6 Å². The minimum Gasteiger partial charge on any atom is -0.465 e. The summed E-state index contributed by atoms with van der Waals surface area (Å²) in [5.74, 6) is -0.384. The Morgan fingerprint density at radius 1 is 1.80 bits per heavy atom. The first-order valence-electron chi connectivity index (χ1n) is 4.64. The normalized spacial score (nSPS) is 12.5. The van der Waals surface area contributed by atoms with E-state index in [9.17, 15) is 4.79 Å². The molecule has 0 saturated carbocycles. The SMILES string of the molecule is CCOC(=O)C(N)Cc1c(Br)ncn1C. The van der Waals surface area contributed by atoms with Crippen LogP contribution in [0, 0.1) is 0 Å². The minimum absolute atomic E-state index is 0.346. The molecule has 84 valence electrons. The predicted molar refractivity (Wildman–Crippen MR) is 59.2 cm³/mol. The summed E-state index contributed by atoms with van der Waals surface area (Å²) >= 11 is 3.29. The predicted octanol–water partition coefficient (Wildman–Crippen LogP) is 0.616. The van der Waals surface area contributed by atoms with E-state index in [0.29, 0.717) is 17.6 Å². The first-order valence-corrected chi connectivity index (χ1v) is 5.43. The number of esters is 1. The molecule has 0 spiro atoms. The van der Waals surface area contributed by atoms with E-state index in [-0.39, 0.29) is 5.97 Å². The van der Waals surface area contributed by atoms with Gasteiger partial charge in [0, 0.05) is 13.5 Å². The monoisotopic (exact) mass is 275 g/mol. The van der Waals surface area contributed by atoms with Crippen LogP contribution in [0.2, 0.25) is 0 Å². The molecule has 0 amide bonds. The number of ether oxygens (including phenoxy) is 1. The van der Waals surface area contributed by atoms with E-state index in [2.05, 4.69) is 20.9 Å². The zero-order valence-electron chi connectivity index (χ0n) is 8.74. The first-order chi connectivity index (χ1) is 7.06. The Morgan fingerprint density at radius 3 is 2.93 bits per heavy atom. The fraction of sp³-hybridized carbons (Fsp3) is 0.556. The molecule has 1 heterocycles. The van der Waals surface area contributed by atoms with Gasteiger partial charge in [-0.2, -0.15) is 0 Å². The van der Waals surface area contributed by atoms with Crippen LogP contribution in [-0.4, -0.2) is 28.2 Å². The van der Waals surface area contributed by atoms with Crippen LogP contribution in [0.25, 0.3) is 0 Å². The third kappa shape index (κ3) is 3.04. The molecule has 0 aromatic carbocycles. The number of carbonyl (C=O) groups excluding carboxylic acids is 1. The molecule has 1 aromatic heterocycles. The number of halogens is 1. The molecule has 0 aliphatic rings. The maximum atomic E-state index is 11.3. The summed E-state index contributed by atoms with van der Waals surface area (Å²) in [6.07, 6.45) is 2.08. The van der Waals surface area contributed by atoms with E-state index >= 15 is 0 Å². The highest BCUT2D eigenvalue weighted by molar-refractivity contribution is 9.10. The smallest absolute Gasteiger partial charge is 0.323 e. The molecule has 0 aliphatic heterocycles. The lowest BCUT2D eigenvalue weighted by Crippen LogP contribution is -2.35. The Morgan fingerprint density at radius 2 is 2.47 bits per heavy atom. The Kier molecular flexibility index (Phi) is 4.28. The molecule has 0 aliphatic carbocycles. The van der Waals surface area contributed by atoms with Crippen molar-refractivity contribution >= 4 is 21.9 Å². The average Bonchev–Trinajstić information content (AvgIpc) is 2.49. The molecule has 1 rings (SSSR count). The van der Waals surface area contributed by atoms with Crippen LogP contribution in [0.1, 0.15) is 12.6 Å². The average molecular weight is 276 g/mol. The zero-order valence-corrected chi connectivity index (χ0v) is 10.3. The Bertz CT molecular complexity index is 332. The fourth-order valence-corrected chi connectivity index (χ4v) is 1.73. The number of nitrogens with zero attached hydrogens (tertiary/aromatic N) is 2. The molecule has 5 nitrogen and oxygen atoms in total. The van der Waals surface area contributed by atoms with Gasteiger partial charge < -0.3 is 15.0 Å². The fourth-order valence-electron chi connectivity index (χ4n) is 1.20. The number of rotatable bonds is 4. The summed E-state index contributed by atoms with van der Waals surface area (Å²) in [7, 11) is 1.85. The Hall–Kier alpha value is -0.880. The molecule has 1 aromatic rings. The van der Waals surface area contributed by atoms with Gasteiger partial charge in [0.15, 0.2) is 0 Å². The van der Waals surface area contributed by atoms with Gasteiger partial charge in [-0.1, -0.05) is 0 Å². The highest BCUT2D eigenvalue weighted by Gasteiger charge is 2.18. The molecule has 0 saturated heterocycles. The Balaban J connectivity index is 2.66. The van der Waals surface area contributed by atoms with E-state index in [1.54, 1.807) is 13.3 Å². The lowest BCUT2D eigenvalue weighted by molar-refractivity contribution is -0.144. The topological polar surface area (TPSA) is 70.1 Å². The summed E-state index contributed by atoms with van der Waals surface area (Å²) in [4.78, 5) is 15.3. The lowest BCUT2D eigenvalue weighted by atomic mass is 10.2.